The lowest BCUT2D eigenvalue weighted by Gasteiger charge is -2.08. The third kappa shape index (κ3) is 11.4. The Morgan fingerprint density at radius 1 is 1.06 bits per heavy atom. The van der Waals surface area contributed by atoms with Crippen molar-refractivity contribution in [2.45, 2.75) is 26.4 Å². The maximum atomic E-state index is 11.0. The van der Waals surface area contributed by atoms with E-state index in [0.29, 0.717) is 26.4 Å². The molecule has 0 N–H and O–H groups in total. The molecule has 0 saturated carbocycles. The highest BCUT2D eigenvalue weighted by Gasteiger charge is 2.04. The third-order valence-electron chi connectivity index (χ3n) is 1.60. The van der Waals surface area contributed by atoms with Crippen molar-refractivity contribution < 1.29 is 23.7 Å². The van der Waals surface area contributed by atoms with Gasteiger partial charge in [0, 0.05) is 20.3 Å². The van der Waals surface area contributed by atoms with Crippen molar-refractivity contribution in [2.75, 3.05) is 40.1 Å². The highest BCUT2D eigenvalue weighted by atomic mass is 16.6. The van der Waals surface area contributed by atoms with Crippen LogP contribution >= 0.6 is 0 Å². The summed E-state index contributed by atoms with van der Waals surface area (Å²) < 4.78 is 20.1. The Morgan fingerprint density at radius 2 is 1.75 bits per heavy atom. The van der Waals surface area contributed by atoms with Crippen LogP contribution in [0.15, 0.2) is 0 Å². The molecular formula is C11H22O5. The summed E-state index contributed by atoms with van der Waals surface area (Å²) in [6.45, 7) is 5.82. The van der Waals surface area contributed by atoms with Crippen molar-refractivity contribution in [1.29, 1.82) is 0 Å². The van der Waals surface area contributed by atoms with Gasteiger partial charge in [-0.25, -0.2) is 4.79 Å². The number of ether oxygens (including phenoxy) is 4. The molecule has 0 saturated heterocycles. The van der Waals surface area contributed by atoms with Gasteiger partial charge in [-0.05, 0) is 20.3 Å². The Labute approximate surface area is 97.0 Å². The second-order valence-electron chi connectivity index (χ2n) is 3.55. The van der Waals surface area contributed by atoms with Crippen molar-refractivity contribution in [3.8, 4) is 0 Å². The first kappa shape index (κ1) is 15.3. The van der Waals surface area contributed by atoms with Crippen molar-refractivity contribution >= 4 is 5.97 Å². The molecule has 0 atom stereocenters. The first-order chi connectivity index (χ1) is 7.66. The maximum absolute atomic E-state index is 11.0. The average molecular weight is 234 g/mol. The zero-order valence-corrected chi connectivity index (χ0v) is 10.4. The van der Waals surface area contributed by atoms with E-state index in [4.69, 9.17) is 18.9 Å². The Hall–Kier alpha value is -0.650. The summed E-state index contributed by atoms with van der Waals surface area (Å²) in [6.07, 6.45) is 0.771. The van der Waals surface area contributed by atoms with Crippen LogP contribution in [0.5, 0.6) is 0 Å². The first-order valence-electron chi connectivity index (χ1n) is 5.50. The molecule has 0 bridgehead atoms. The number of hydrogen-bond donors (Lipinski definition) is 0. The Bertz CT molecular complexity index is 170. The molecule has 0 rings (SSSR count). The SMILES string of the molecule is COCCCOCCOCC(=O)OC(C)C. The van der Waals surface area contributed by atoms with E-state index in [2.05, 4.69) is 0 Å². The predicted molar refractivity (Wildman–Crippen MR) is 59.4 cm³/mol. The highest BCUT2D eigenvalue weighted by molar-refractivity contribution is 5.70. The van der Waals surface area contributed by atoms with Gasteiger partial charge in [-0.15, -0.1) is 0 Å². The number of carbonyl (C=O) groups excluding carboxylic acids is 1. The molecule has 96 valence electrons. The molecule has 16 heavy (non-hydrogen) atoms. The van der Waals surface area contributed by atoms with Crippen molar-refractivity contribution in [3.63, 3.8) is 0 Å². The van der Waals surface area contributed by atoms with E-state index in [9.17, 15) is 4.79 Å². The van der Waals surface area contributed by atoms with E-state index in [-0.39, 0.29) is 18.7 Å². The van der Waals surface area contributed by atoms with Gasteiger partial charge >= 0.3 is 5.97 Å². The largest absolute Gasteiger partial charge is 0.461 e. The Kier molecular flexibility index (Phi) is 10.4. The normalized spacial score (nSPS) is 10.8. The summed E-state index contributed by atoms with van der Waals surface area (Å²) in [5.41, 5.74) is 0. The standard InChI is InChI=1S/C11H22O5/c1-10(2)16-11(12)9-15-8-7-14-6-4-5-13-3/h10H,4-9H2,1-3H3. The van der Waals surface area contributed by atoms with Gasteiger partial charge in [0.1, 0.15) is 6.61 Å². The van der Waals surface area contributed by atoms with E-state index in [0.717, 1.165) is 6.42 Å². The molecular weight excluding hydrogens is 212 g/mol. The van der Waals surface area contributed by atoms with E-state index in [1.165, 1.54) is 0 Å². The zero-order chi connectivity index (χ0) is 12.2. The molecule has 0 aliphatic rings. The van der Waals surface area contributed by atoms with Gasteiger partial charge in [-0.2, -0.15) is 0 Å². The predicted octanol–water partition coefficient (Wildman–Crippen LogP) is 1.01. The van der Waals surface area contributed by atoms with E-state index in [1.54, 1.807) is 21.0 Å². The molecule has 0 unspecified atom stereocenters. The van der Waals surface area contributed by atoms with E-state index < -0.39 is 0 Å². The minimum Gasteiger partial charge on any atom is -0.461 e. The van der Waals surface area contributed by atoms with Gasteiger partial charge in [0.05, 0.1) is 19.3 Å². The fraction of sp³-hybridized carbons (Fsp3) is 0.909. The second kappa shape index (κ2) is 10.9. The van der Waals surface area contributed by atoms with Gasteiger partial charge in [0.2, 0.25) is 0 Å². The zero-order valence-electron chi connectivity index (χ0n) is 10.4. The summed E-state index contributed by atoms with van der Waals surface area (Å²) in [6, 6.07) is 0. The fourth-order valence-corrected chi connectivity index (χ4v) is 0.978. The topological polar surface area (TPSA) is 54.0 Å². The van der Waals surface area contributed by atoms with Crippen molar-refractivity contribution in [2.24, 2.45) is 0 Å². The van der Waals surface area contributed by atoms with Crippen molar-refractivity contribution in [1.82, 2.24) is 0 Å². The number of rotatable bonds is 10. The van der Waals surface area contributed by atoms with Crippen LogP contribution in [-0.4, -0.2) is 52.2 Å². The van der Waals surface area contributed by atoms with Gasteiger partial charge < -0.3 is 18.9 Å². The molecule has 0 fully saturated rings. The highest BCUT2D eigenvalue weighted by Crippen LogP contribution is 1.90. The fourth-order valence-electron chi connectivity index (χ4n) is 0.978. The molecule has 0 heterocycles. The van der Waals surface area contributed by atoms with Crippen LogP contribution in [0.2, 0.25) is 0 Å². The van der Waals surface area contributed by atoms with Gasteiger partial charge in [-0.1, -0.05) is 0 Å². The van der Waals surface area contributed by atoms with Gasteiger partial charge in [0.25, 0.3) is 0 Å². The lowest BCUT2D eigenvalue weighted by molar-refractivity contribution is -0.153. The minimum absolute atomic E-state index is 0.0143. The van der Waals surface area contributed by atoms with Crippen LogP contribution in [0.4, 0.5) is 0 Å². The molecule has 0 aromatic rings. The van der Waals surface area contributed by atoms with Crippen LogP contribution in [-0.2, 0) is 23.7 Å². The molecule has 0 aromatic heterocycles. The van der Waals surface area contributed by atoms with Crippen LogP contribution in [0.25, 0.3) is 0 Å². The summed E-state index contributed by atoms with van der Waals surface area (Å²) in [5, 5.41) is 0. The monoisotopic (exact) mass is 234 g/mol. The van der Waals surface area contributed by atoms with Gasteiger partial charge in [0.15, 0.2) is 0 Å². The summed E-state index contributed by atoms with van der Waals surface area (Å²) >= 11 is 0. The van der Waals surface area contributed by atoms with Crippen LogP contribution in [0.1, 0.15) is 20.3 Å². The van der Waals surface area contributed by atoms with E-state index >= 15 is 0 Å². The lowest BCUT2D eigenvalue weighted by Crippen LogP contribution is -2.18. The molecule has 0 aromatic carbocycles. The van der Waals surface area contributed by atoms with Crippen molar-refractivity contribution in [3.05, 3.63) is 0 Å². The number of carbonyl (C=O) groups is 1. The molecule has 0 aliphatic carbocycles. The summed E-state index contributed by atoms with van der Waals surface area (Å²) in [5.74, 6) is -0.339. The average Bonchev–Trinajstić information content (AvgIpc) is 2.21. The third-order valence-corrected chi connectivity index (χ3v) is 1.60. The summed E-state index contributed by atoms with van der Waals surface area (Å²) in [4.78, 5) is 11.0. The number of esters is 1. The second-order valence-corrected chi connectivity index (χ2v) is 3.55. The van der Waals surface area contributed by atoms with Crippen LogP contribution in [0, 0.1) is 0 Å². The van der Waals surface area contributed by atoms with Gasteiger partial charge in [-0.3, -0.25) is 0 Å². The maximum Gasteiger partial charge on any atom is 0.332 e. The molecule has 0 radical (unpaired) electrons. The Morgan fingerprint density at radius 3 is 2.38 bits per heavy atom. The van der Waals surface area contributed by atoms with Crippen LogP contribution in [0.3, 0.4) is 0 Å². The molecule has 0 aliphatic heterocycles. The lowest BCUT2D eigenvalue weighted by atomic mass is 10.5. The molecule has 5 nitrogen and oxygen atoms in total. The smallest absolute Gasteiger partial charge is 0.332 e. The van der Waals surface area contributed by atoms with Crippen LogP contribution < -0.4 is 0 Å². The first-order valence-corrected chi connectivity index (χ1v) is 5.50. The van der Waals surface area contributed by atoms with E-state index in [1.807, 2.05) is 0 Å². The number of hydrogen-bond acceptors (Lipinski definition) is 5. The number of methoxy groups -OCH3 is 1. The molecule has 0 spiro atoms. The molecule has 0 amide bonds. The minimum atomic E-state index is -0.339. The Balaban J connectivity index is 3.11. The molecule has 5 heteroatoms. The quantitative estimate of drug-likeness (QED) is 0.417. The summed E-state index contributed by atoms with van der Waals surface area (Å²) in [7, 11) is 1.66.